The number of nitrogens with zero attached hydrogens (tertiary/aromatic N) is 4. The first-order valence-electron chi connectivity index (χ1n) is 7.40. The van der Waals surface area contributed by atoms with Gasteiger partial charge in [-0.2, -0.15) is 9.78 Å². The van der Waals surface area contributed by atoms with E-state index in [0.29, 0.717) is 17.1 Å². The van der Waals surface area contributed by atoms with E-state index in [0.717, 1.165) is 5.56 Å². The summed E-state index contributed by atoms with van der Waals surface area (Å²) in [6, 6.07) is 16.6. The summed E-state index contributed by atoms with van der Waals surface area (Å²) >= 11 is 0. The van der Waals surface area contributed by atoms with E-state index >= 15 is 0 Å². The molecule has 24 heavy (non-hydrogen) atoms. The van der Waals surface area contributed by atoms with Crippen molar-refractivity contribution in [2.75, 3.05) is 7.11 Å². The molecule has 1 heterocycles. The number of para-hydroxylation sites is 1. The van der Waals surface area contributed by atoms with E-state index in [9.17, 15) is 4.79 Å². The Labute approximate surface area is 139 Å². The SMILES string of the molecule is COc1ccccc1/C=N\n1c(C)nnc(-c2ccccc2)c1=O. The molecule has 1 aromatic heterocycles. The maximum Gasteiger partial charge on any atom is 0.301 e. The lowest BCUT2D eigenvalue weighted by Gasteiger charge is -2.06. The van der Waals surface area contributed by atoms with Crippen molar-refractivity contribution in [3.05, 3.63) is 76.3 Å². The maximum atomic E-state index is 12.7. The normalized spacial score (nSPS) is 10.9. The van der Waals surface area contributed by atoms with Gasteiger partial charge in [0.15, 0.2) is 11.5 Å². The van der Waals surface area contributed by atoms with Gasteiger partial charge in [0.1, 0.15) is 5.75 Å². The Balaban J connectivity index is 2.05. The molecule has 3 aromatic rings. The molecular formula is C18H16N4O2. The first-order chi connectivity index (χ1) is 11.7. The van der Waals surface area contributed by atoms with E-state index in [2.05, 4.69) is 15.3 Å². The van der Waals surface area contributed by atoms with Crippen LogP contribution >= 0.6 is 0 Å². The molecule has 0 N–H and O–H groups in total. The lowest BCUT2D eigenvalue weighted by Crippen LogP contribution is -2.24. The van der Waals surface area contributed by atoms with Crippen LogP contribution in [-0.2, 0) is 0 Å². The first kappa shape index (κ1) is 15.6. The van der Waals surface area contributed by atoms with E-state index in [-0.39, 0.29) is 11.3 Å². The second-order valence-electron chi connectivity index (χ2n) is 5.07. The minimum Gasteiger partial charge on any atom is -0.496 e. The van der Waals surface area contributed by atoms with Gasteiger partial charge in [0.05, 0.1) is 13.3 Å². The fourth-order valence-corrected chi connectivity index (χ4v) is 2.26. The standard InChI is InChI=1S/C18H16N4O2/c1-13-20-21-17(14-8-4-3-5-9-14)18(23)22(13)19-12-15-10-6-7-11-16(15)24-2/h3-12H,1-2H3/b19-12-. The van der Waals surface area contributed by atoms with Gasteiger partial charge in [-0.15, -0.1) is 10.2 Å². The molecule has 0 bridgehead atoms. The number of aromatic nitrogens is 3. The molecule has 0 spiro atoms. The molecule has 0 fully saturated rings. The molecule has 0 unspecified atom stereocenters. The number of hydrogen-bond donors (Lipinski definition) is 0. The maximum absolute atomic E-state index is 12.7. The predicted molar refractivity (Wildman–Crippen MR) is 92.5 cm³/mol. The number of hydrogen-bond acceptors (Lipinski definition) is 5. The summed E-state index contributed by atoms with van der Waals surface area (Å²) in [5.74, 6) is 1.09. The first-order valence-corrected chi connectivity index (χ1v) is 7.40. The molecule has 3 rings (SSSR count). The summed E-state index contributed by atoms with van der Waals surface area (Å²) < 4.78 is 6.52. The van der Waals surface area contributed by atoms with Crippen LogP contribution in [0.2, 0.25) is 0 Å². The van der Waals surface area contributed by atoms with Crippen molar-refractivity contribution < 1.29 is 4.74 Å². The zero-order valence-electron chi connectivity index (χ0n) is 13.4. The van der Waals surface area contributed by atoms with Crippen molar-refractivity contribution in [3.8, 4) is 17.0 Å². The quantitative estimate of drug-likeness (QED) is 0.693. The number of benzene rings is 2. The Morgan fingerprint density at radius 1 is 1.04 bits per heavy atom. The third kappa shape index (κ3) is 3.08. The minimum atomic E-state index is -0.320. The van der Waals surface area contributed by atoms with Crippen LogP contribution in [0.4, 0.5) is 0 Å². The van der Waals surface area contributed by atoms with Gasteiger partial charge in [0.2, 0.25) is 0 Å². The Morgan fingerprint density at radius 2 is 1.75 bits per heavy atom. The van der Waals surface area contributed by atoms with E-state index in [4.69, 9.17) is 4.74 Å². The highest BCUT2D eigenvalue weighted by atomic mass is 16.5. The molecule has 2 aromatic carbocycles. The fourth-order valence-electron chi connectivity index (χ4n) is 2.26. The van der Waals surface area contributed by atoms with E-state index < -0.39 is 0 Å². The number of ether oxygens (including phenoxy) is 1. The largest absolute Gasteiger partial charge is 0.496 e. The molecule has 0 amide bonds. The van der Waals surface area contributed by atoms with Gasteiger partial charge >= 0.3 is 5.56 Å². The molecular weight excluding hydrogens is 304 g/mol. The zero-order valence-corrected chi connectivity index (χ0v) is 13.4. The van der Waals surface area contributed by atoms with Gasteiger partial charge in [0.25, 0.3) is 0 Å². The van der Waals surface area contributed by atoms with Crippen molar-refractivity contribution in [2.24, 2.45) is 5.10 Å². The van der Waals surface area contributed by atoms with Crippen LogP contribution in [0.1, 0.15) is 11.4 Å². The summed E-state index contributed by atoms with van der Waals surface area (Å²) in [5, 5.41) is 12.3. The van der Waals surface area contributed by atoms with Gasteiger partial charge in [-0.25, -0.2) is 0 Å². The van der Waals surface area contributed by atoms with Crippen LogP contribution in [0.3, 0.4) is 0 Å². The second-order valence-corrected chi connectivity index (χ2v) is 5.07. The Hall–Kier alpha value is -3.28. The topological polar surface area (TPSA) is 69.4 Å². The lowest BCUT2D eigenvalue weighted by molar-refractivity contribution is 0.414. The monoisotopic (exact) mass is 320 g/mol. The zero-order chi connectivity index (χ0) is 16.9. The lowest BCUT2D eigenvalue weighted by atomic mass is 10.2. The molecule has 0 radical (unpaired) electrons. The minimum absolute atomic E-state index is 0.262. The summed E-state index contributed by atoms with van der Waals surface area (Å²) in [7, 11) is 1.59. The molecule has 0 aliphatic rings. The molecule has 0 aliphatic carbocycles. The van der Waals surface area contributed by atoms with Crippen LogP contribution in [0, 0.1) is 6.92 Å². The van der Waals surface area contributed by atoms with Gasteiger partial charge in [-0.3, -0.25) is 4.79 Å². The highest BCUT2D eigenvalue weighted by Gasteiger charge is 2.10. The van der Waals surface area contributed by atoms with Gasteiger partial charge < -0.3 is 4.74 Å². The fraction of sp³-hybridized carbons (Fsp3) is 0.111. The van der Waals surface area contributed by atoms with Gasteiger partial charge in [0, 0.05) is 11.1 Å². The van der Waals surface area contributed by atoms with Crippen molar-refractivity contribution in [2.45, 2.75) is 6.92 Å². The summed E-state index contributed by atoms with van der Waals surface area (Å²) in [5.41, 5.74) is 1.42. The highest BCUT2D eigenvalue weighted by molar-refractivity contribution is 5.83. The molecule has 0 saturated carbocycles. The Kier molecular flexibility index (Phi) is 4.47. The van der Waals surface area contributed by atoms with Crippen LogP contribution in [-0.4, -0.2) is 28.2 Å². The van der Waals surface area contributed by atoms with Gasteiger partial charge in [-0.05, 0) is 19.1 Å². The van der Waals surface area contributed by atoms with Gasteiger partial charge in [-0.1, -0.05) is 42.5 Å². The molecule has 0 atom stereocenters. The molecule has 0 aliphatic heterocycles. The second kappa shape index (κ2) is 6.87. The molecule has 120 valence electrons. The van der Waals surface area contributed by atoms with E-state index in [1.165, 1.54) is 4.68 Å². The van der Waals surface area contributed by atoms with Crippen LogP contribution < -0.4 is 10.3 Å². The van der Waals surface area contributed by atoms with E-state index in [1.54, 1.807) is 20.2 Å². The Bertz CT molecular complexity index is 933. The van der Waals surface area contributed by atoms with Crippen molar-refractivity contribution >= 4 is 6.21 Å². The molecule has 0 saturated heterocycles. The smallest absolute Gasteiger partial charge is 0.301 e. The predicted octanol–water partition coefficient (Wildman–Crippen LogP) is 2.50. The average Bonchev–Trinajstić information content (AvgIpc) is 2.62. The van der Waals surface area contributed by atoms with Crippen LogP contribution in [0.15, 0.2) is 64.5 Å². The molecule has 6 nitrogen and oxygen atoms in total. The van der Waals surface area contributed by atoms with Crippen LogP contribution in [0.25, 0.3) is 11.3 Å². The number of aryl methyl sites for hydroxylation is 1. The summed E-state index contributed by atoms with van der Waals surface area (Å²) in [4.78, 5) is 12.7. The van der Waals surface area contributed by atoms with Crippen molar-refractivity contribution in [3.63, 3.8) is 0 Å². The molecule has 6 heteroatoms. The third-order valence-corrected chi connectivity index (χ3v) is 3.49. The van der Waals surface area contributed by atoms with Crippen molar-refractivity contribution in [1.82, 2.24) is 14.9 Å². The Morgan fingerprint density at radius 3 is 2.50 bits per heavy atom. The van der Waals surface area contributed by atoms with Crippen LogP contribution in [0.5, 0.6) is 5.75 Å². The average molecular weight is 320 g/mol. The number of rotatable bonds is 4. The van der Waals surface area contributed by atoms with Crippen molar-refractivity contribution in [1.29, 1.82) is 0 Å². The summed E-state index contributed by atoms with van der Waals surface area (Å²) in [6.07, 6.45) is 1.57. The number of methoxy groups -OCH3 is 1. The highest BCUT2D eigenvalue weighted by Crippen LogP contribution is 2.15. The summed E-state index contributed by atoms with van der Waals surface area (Å²) in [6.45, 7) is 1.68. The van der Waals surface area contributed by atoms with E-state index in [1.807, 2.05) is 54.6 Å². The third-order valence-electron chi connectivity index (χ3n) is 3.49.